The van der Waals surface area contributed by atoms with Crippen LogP contribution in [0, 0.1) is 11.3 Å². The van der Waals surface area contributed by atoms with E-state index in [0.29, 0.717) is 6.61 Å². The van der Waals surface area contributed by atoms with Crippen LogP contribution in [0.4, 0.5) is 0 Å². The number of carbonyl (C=O) groups is 1. The number of ketones is 1. The number of allylic oxidation sites excluding steroid dienone is 1. The van der Waals surface area contributed by atoms with Gasteiger partial charge in [-0.15, -0.1) is 0 Å². The number of hydrogen-bond acceptors (Lipinski definition) is 2. The van der Waals surface area contributed by atoms with E-state index in [1.54, 1.807) is 6.26 Å². The lowest BCUT2D eigenvalue weighted by molar-refractivity contribution is -0.117. The highest BCUT2D eigenvalue weighted by molar-refractivity contribution is 5.99. The summed E-state index contributed by atoms with van der Waals surface area (Å²) >= 11 is 0. The molecule has 1 aliphatic rings. The molecular formula is C12H20O2. The van der Waals surface area contributed by atoms with Crippen LogP contribution < -0.4 is 0 Å². The second-order valence-corrected chi connectivity index (χ2v) is 4.56. The summed E-state index contributed by atoms with van der Waals surface area (Å²) in [6, 6.07) is 0. The molecule has 1 atom stereocenters. The second-order valence-electron chi connectivity index (χ2n) is 4.56. The van der Waals surface area contributed by atoms with Gasteiger partial charge in [-0.05, 0) is 25.2 Å². The molecule has 0 aromatic carbocycles. The van der Waals surface area contributed by atoms with Crippen molar-refractivity contribution in [2.45, 2.75) is 40.5 Å². The number of hydrogen-bond donors (Lipinski definition) is 0. The van der Waals surface area contributed by atoms with Crippen molar-refractivity contribution >= 4 is 5.78 Å². The first-order valence-electron chi connectivity index (χ1n) is 5.37. The molecular weight excluding hydrogens is 176 g/mol. The monoisotopic (exact) mass is 196 g/mol. The summed E-state index contributed by atoms with van der Waals surface area (Å²) in [6.07, 6.45) is 3.43. The van der Waals surface area contributed by atoms with Gasteiger partial charge < -0.3 is 4.74 Å². The normalized spacial score (nSPS) is 24.6. The quantitative estimate of drug-likeness (QED) is 0.499. The van der Waals surface area contributed by atoms with Crippen LogP contribution in [0.3, 0.4) is 0 Å². The van der Waals surface area contributed by atoms with Crippen molar-refractivity contribution in [3.8, 4) is 0 Å². The summed E-state index contributed by atoms with van der Waals surface area (Å²) < 4.78 is 5.17. The van der Waals surface area contributed by atoms with Gasteiger partial charge in [-0.25, -0.2) is 0 Å². The lowest BCUT2D eigenvalue weighted by atomic mass is 10.0. The molecule has 0 amide bonds. The van der Waals surface area contributed by atoms with Gasteiger partial charge in [0.05, 0.1) is 12.9 Å². The van der Waals surface area contributed by atoms with Gasteiger partial charge in [-0.2, -0.15) is 0 Å². The Bertz CT molecular complexity index is 251. The van der Waals surface area contributed by atoms with Crippen LogP contribution in [0.1, 0.15) is 40.5 Å². The zero-order valence-electron chi connectivity index (χ0n) is 9.59. The summed E-state index contributed by atoms with van der Waals surface area (Å²) in [7, 11) is 0. The topological polar surface area (TPSA) is 26.3 Å². The smallest absolute Gasteiger partial charge is 0.165 e. The third-order valence-corrected chi connectivity index (χ3v) is 2.92. The Morgan fingerprint density at radius 2 is 2.07 bits per heavy atom. The van der Waals surface area contributed by atoms with Crippen LogP contribution in [0.5, 0.6) is 0 Å². The SMILES string of the molecule is CCO/C=C(\CC)C(=O)C1CC1(C)C. The first-order valence-corrected chi connectivity index (χ1v) is 5.37. The third kappa shape index (κ3) is 2.37. The molecule has 2 heteroatoms. The van der Waals surface area contributed by atoms with Crippen LogP contribution in [0.25, 0.3) is 0 Å². The van der Waals surface area contributed by atoms with Crippen molar-refractivity contribution in [2.75, 3.05) is 6.61 Å². The van der Waals surface area contributed by atoms with E-state index in [1.807, 2.05) is 13.8 Å². The molecule has 0 aromatic heterocycles. The average molecular weight is 196 g/mol. The maximum Gasteiger partial charge on any atom is 0.165 e. The van der Waals surface area contributed by atoms with E-state index in [0.717, 1.165) is 18.4 Å². The summed E-state index contributed by atoms with van der Waals surface area (Å²) in [5.41, 5.74) is 1.06. The van der Waals surface area contributed by atoms with Crippen molar-refractivity contribution in [3.63, 3.8) is 0 Å². The average Bonchev–Trinajstić information content (AvgIpc) is 2.76. The molecule has 0 bridgehead atoms. The van der Waals surface area contributed by atoms with E-state index in [9.17, 15) is 4.79 Å². The van der Waals surface area contributed by atoms with Crippen molar-refractivity contribution in [2.24, 2.45) is 11.3 Å². The first-order chi connectivity index (χ1) is 6.53. The van der Waals surface area contributed by atoms with E-state index in [-0.39, 0.29) is 17.1 Å². The molecule has 0 heterocycles. The third-order valence-electron chi connectivity index (χ3n) is 2.92. The lowest BCUT2D eigenvalue weighted by Crippen LogP contribution is -2.09. The maximum absolute atomic E-state index is 11.9. The standard InChI is InChI=1S/C12H20O2/c1-5-9(8-14-6-2)11(13)10-7-12(10,3)4/h8,10H,5-7H2,1-4H3/b9-8+. The first kappa shape index (κ1) is 11.3. The zero-order valence-corrected chi connectivity index (χ0v) is 9.59. The van der Waals surface area contributed by atoms with Gasteiger partial charge in [0.1, 0.15) is 0 Å². The van der Waals surface area contributed by atoms with Gasteiger partial charge in [0.25, 0.3) is 0 Å². The molecule has 80 valence electrons. The number of Topliss-reactive ketones (excluding diaryl/α,β-unsaturated/α-hetero) is 1. The molecule has 0 radical (unpaired) electrons. The predicted molar refractivity (Wildman–Crippen MR) is 56.9 cm³/mol. The van der Waals surface area contributed by atoms with Gasteiger partial charge in [0.15, 0.2) is 5.78 Å². The van der Waals surface area contributed by atoms with E-state index >= 15 is 0 Å². The predicted octanol–water partition coefficient (Wildman–Crippen LogP) is 2.93. The Morgan fingerprint density at radius 3 is 2.43 bits per heavy atom. The molecule has 2 nitrogen and oxygen atoms in total. The Kier molecular flexibility index (Phi) is 3.35. The van der Waals surface area contributed by atoms with Crippen LogP contribution in [0.2, 0.25) is 0 Å². The summed E-state index contributed by atoms with van der Waals surface area (Å²) in [5.74, 6) is 0.514. The summed E-state index contributed by atoms with van der Waals surface area (Å²) in [6.45, 7) is 8.84. The van der Waals surface area contributed by atoms with E-state index < -0.39 is 0 Å². The molecule has 0 N–H and O–H groups in total. The van der Waals surface area contributed by atoms with Gasteiger partial charge in [0.2, 0.25) is 0 Å². The molecule has 0 spiro atoms. The van der Waals surface area contributed by atoms with Crippen LogP contribution in [-0.4, -0.2) is 12.4 Å². The molecule has 0 aliphatic heterocycles. The van der Waals surface area contributed by atoms with Gasteiger partial charge in [-0.1, -0.05) is 20.8 Å². The van der Waals surface area contributed by atoms with Crippen molar-refractivity contribution in [1.29, 1.82) is 0 Å². The van der Waals surface area contributed by atoms with E-state index in [1.165, 1.54) is 0 Å². The Labute approximate surface area is 86.3 Å². The largest absolute Gasteiger partial charge is 0.501 e. The fourth-order valence-electron chi connectivity index (χ4n) is 1.64. The van der Waals surface area contributed by atoms with Crippen LogP contribution in [0.15, 0.2) is 11.8 Å². The molecule has 0 saturated heterocycles. The highest BCUT2D eigenvalue weighted by Gasteiger charge is 2.50. The summed E-state index contributed by atoms with van der Waals surface area (Å²) in [5, 5.41) is 0. The lowest BCUT2D eigenvalue weighted by Gasteiger charge is -2.05. The minimum Gasteiger partial charge on any atom is -0.501 e. The summed E-state index contributed by atoms with van der Waals surface area (Å²) in [4.78, 5) is 11.9. The highest BCUT2D eigenvalue weighted by Crippen LogP contribution is 2.53. The Morgan fingerprint density at radius 1 is 1.50 bits per heavy atom. The van der Waals surface area contributed by atoms with Crippen molar-refractivity contribution in [3.05, 3.63) is 11.8 Å². The zero-order chi connectivity index (χ0) is 10.8. The Balaban J connectivity index is 2.58. The molecule has 0 aromatic rings. The number of ether oxygens (including phenoxy) is 1. The molecule has 14 heavy (non-hydrogen) atoms. The molecule has 1 unspecified atom stereocenters. The van der Waals surface area contributed by atoms with E-state index in [4.69, 9.17) is 4.74 Å². The number of carbonyl (C=O) groups excluding carboxylic acids is 1. The fraction of sp³-hybridized carbons (Fsp3) is 0.750. The minimum atomic E-state index is 0.220. The maximum atomic E-state index is 11.9. The molecule has 1 aliphatic carbocycles. The molecule has 1 saturated carbocycles. The Hall–Kier alpha value is -0.790. The van der Waals surface area contributed by atoms with Crippen molar-refractivity contribution in [1.82, 2.24) is 0 Å². The van der Waals surface area contributed by atoms with Crippen LogP contribution >= 0.6 is 0 Å². The van der Waals surface area contributed by atoms with E-state index in [2.05, 4.69) is 13.8 Å². The highest BCUT2D eigenvalue weighted by atomic mass is 16.5. The number of rotatable bonds is 5. The molecule has 1 rings (SSSR count). The molecule has 1 fully saturated rings. The van der Waals surface area contributed by atoms with Crippen molar-refractivity contribution < 1.29 is 9.53 Å². The minimum absolute atomic E-state index is 0.220. The van der Waals surface area contributed by atoms with Gasteiger partial charge >= 0.3 is 0 Å². The fourth-order valence-corrected chi connectivity index (χ4v) is 1.64. The van der Waals surface area contributed by atoms with Gasteiger partial charge in [0, 0.05) is 11.5 Å². The second kappa shape index (κ2) is 4.16. The van der Waals surface area contributed by atoms with Gasteiger partial charge in [-0.3, -0.25) is 4.79 Å². The van der Waals surface area contributed by atoms with Crippen LogP contribution in [-0.2, 0) is 9.53 Å².